The van der Waals surface area contributed by atoms with Gasteiger partial charge in [0.1, 0.15) is 0 Å². The smallest absolute Gasteiger partial charge is 0.0731 e. The van der Waals surface area contributed by atoms with Gasteiger partial charge in [0, 0.05) is 18.8 Å². The van der Waals surface area contributed by atoms with Crippen molar-refractivity contribution in [1.82, 2.24) is 5.32 Å². The van der Waals surface area contributed by atoms with Crippen molar-refractivity contribution < 1.29 is 0 Å². The molecule has 12 heavy (non-hydrogen) atoms. The number of aliphatic imine (C=N–C) groups is 1. The highest BCUT2D eigenvalue weighted by atomic mass is 15.0. The molecule has 2 heteroatoms. The summed E-state index contributed by atoms with van der Waals surface area (Å²) in [5, 5.41) is 3.49. The molecular formula is C10H16N2. The minimum atomic E-state index is 0.495. The van der Waals surface area contributed by atoms with Gasteiger partial charge in [0.25, 0.3) is 0 Å². The lowest BCUT2D eigenvalue weighted by molar-refractivity contribution is 0.374. The maximum absolute atomic E-state index is 4.52. The van der Waals surface area contributed by atoms with E-state index >= 15 is 0 Å². The Balaban J connectivity index is 2.13. The molecule has 3 atom stereocenters. The van der Waals surface area contributed by atoms with E-state index in [0.29, 0.717) is 12.1 Å². The Kier molecular flexibility index (Phi) is 2.01. The molecule has 2 heterocycles. The second kappa shape index (κ2) is 3.02. The van der Waals surface area contributed by atoms with Crippen LogP contribution < -0.4 is 5.32 Å². The fraction of sp³-hybridized carbons (Fsp3) is 0.700. The lowest BCUT2D eigenvalue weighted by Crippen LogP contribution is -2.31. The van der Waals surface area contributed by atoms with Crippen molar-refractivity contribution in [3.63, 3.8) is 0 Å². The molecule has 0 aromatic rings. The first-order chi connectivity index (χ1) is 5.79. The van der Waals surface area contributed by atoms with Gasteiger partial charge >= 0.3 is 0 Å². The normalized spacial score (nSPS) is 39.1. The molecule has 3 unspecified atom stereocenters. The van der Waals surface area contributed by atoms with Crippen LogP contribution in [-0.4, -0.2) is 24.8 Å². The van der Waals surface area contributed by atoms with Crippen molar-refractivity contribution in [1.29, 1.82) is 0 Å². The number of fused-ring (bicyclic) bond motifs is 1. The average molecular weight is 164 g/mol. The lowest BCUT2D eigenvalue weighted by Gasteiger charge is -2.22. The molecule has 2 aliphatic rings. The van der Waals surface area contributed by atoms with Crippen LogP contribution in [0.1, 0.15) is 13.8 Å². The highest BCUT2D eigenvalue weighted by Crippen LogP contribution is 2.27. The molecule has 0 radical (unpaired) electrons. The summed E-state index contributed by atoms with van der Waals surface area (Å²) < 4.78 is 0. The molecule has 2 aliphatic heterocycles. The summed E-state index contributed by atoms with van der Waals surface area (Å²) in [5.41, 5.74) is 0. The van der Waals surface area contributed by atoms with Gasteiger partial charge in [-0.3, -0.25) is 4.99 Å². The molecule has 2 rings (SSSR count). The third kappa shape index (κ3) is 1.20. The molecule has 0 aromatic heterocycles. The van der Waals surface area contributed by atoms with Gasteiger partial charge < -0.3 is 5.32 Å². The van der Waals surface area contributed by atoms with E-state index in [2.05, 4.69) is 30.2 Å². The molecule has 1 saturated heterocycles. The second-order valence-electron chi connectivity index (χ2n) is 4.02. The Bertz CT molecular complexity index is 218. The summed E-state index contributed by atoms with van der Waals surface area (Å²) in [7, 11) is 0. The van der Waals surface area contributed by atoms with Gasteiger partial charge in [-0.15, -0.1) is 0 Å². The maximum atomic E-state index is 4.52. The van der Waals surface area contributed by atoms with Crippen LogP contribution in [0.15, 0.2) is 17.1 Å². The summed E-state index contributed by atoms with van der Waals surface area (Å²) in [4.78, 5) is 4.52. The molecule has 0 aliphatic carbocycles. The average Bonchev–Trinajstić information content (AvgIpc) is 2.47. The first-order valence-electron chi connectivity index (χ1n) is 4.72. The van der Waals surface area contributed by atoms with E-state index in [1.807, 2.05) is 12.3 Å². The summed E-state index contributed by atoms with van der Waals surface area (Å²) in [5.74, 6) is 1.45. The number of hydrogen-bond acceptors (Lipinski definition) is 2. The lowest BCUT2D eigenvalue weighted by atomic mass is 9.88. The predicted octanol–water partition coefficient (Wildman–Crippen LogP) is 1.24. The third-order valence-electron chi connectivity index (χ3n) is 2.91. The van der Waals surface area contributed by atoms with E-state index < -0.39 is 0 Å². The molecule has 0 amide bonds. The van der Waals surface area contributed by atoms with Crippen molar-refractivity contribution in [2.45, 2.75) is 25.9 Å². The van der Waals surface area contributed by atoms with Gasteiger partial charge in [-0.2, -0.15) is 0 Å². The number of rotatable bonds is 1. The number of allylic oxidation sites excluding steroid dienone is 1. The van der Waals surface area contributed by atoms with Crippen LogP contribution in [0, 0.1) is 11.8 Å². The van der Waals surface area contributed by atoms with Gasteiger partial charge in [-0.1, -0.05) is 19.9 Å². The third-order valence-corrected chi connectivity index (χ3v) is 2.91. The molecule has 1 fully saturated rings. The van der Waals surface area contributed by atoms with Gasteiger partial charge in [-0.05, 0) is 17.9 Å². The summed E-state index contributed by atoms with van der Waals surface area (Å²) >= 11 is 0. The number of hydrogen-bond donors (Lipinski definition) is 1. The molecule has 0 bridgehead atoms. The fourth-order valence-electron chi connectivity index (χ4n) is 2.11. The van der Waals surface area contributed by atoms with Crippen LogP contribution in [0.2, 0.25) is 0 Å². The van der Waals surface area contributed by atoms with Crippen LogP contribution in [0.5, 0.6) is 0 Å². The topological polar surface area (TPSA) is 24.4 Å². The van der Waals surface area contributed by atoms with E-state index in [-0.39, 0.29) is 0 Å². The van der Waals surface area contributed by atoms with E-state index in [9.17, 15) is 0 Å². The van der Waals surface area contributed by atoms with Crippen molar-refractivity contribution in [3.8, 4) is 0 Å². The van der Waals surface area contributed by atoms with Crippen LogP contribution in [0.3, 0.4) is 0 Å². The zero-order valence-electron chi connectivity index (χ0n) is 7.70. The molecule has 0 spiro atoms. The Labute approximate surface area is 73.8 Å². The first-order valence-corrected chi connectivity index (χ1v) is 4.72. The Morgan fingerprint density at radius 3 is 3.08 bits per heavy atom. The van der Waals surface area contributed by atoms with E-state index in [1.54, 1.807) is 0 Å². The highest BCUT2D eigenvalue weighted by molar-refractivity contribution is 5.72. The standard InChI is InChI=1S/C10H16N2/c1-7(2)8-6-12-9-4-3-5-11-10(8)9/h3-5,7-10,12H,6H2,1-2H3. The summed E-state index contributed by atoms with van der Waals surface area (Å²) in [6.45, 7) is 5.68. The molecule has 0 aromatic carbocycles. The van der Waals surface area contributed by atoms with Crippen LogP contribution in [0.4, 0.5) is 0 Å². The monoisotopic (exact) mass is 164 g/mol. The Hall–Kier alpha value is -0.630. The Morgan fingerprint density at radius 1 is 1.50 bits per heavy atom. The quantitative estimate of drug-likeness (QED) is 0.619. The SMILES string of the molecule is CC(C)C1CNC2C=CC=NC21. The first kappa shape index (κ1) is 7.99. The van der Waals surface area contributed by atoms with Gasteiger partial charge in [0.2, 0.25) is 0 Å². The minimum Gasteiger partial charge on any atom is -0.308 e. The van der Waals surface area contributed by atoms with Gasteiger partial charge in [0.15, 0.2) is 0 Å². The number of nitrogens with one attached hydrogen (secondary N) is 1. The zero-order chi connectivity index (χ0) is 8.55. The second-order valence-corrected chi connectivity index (χ2v) is 4.02. The van der Waals surface area contributed by atoms with Crippen LogP contribution in [0.25, 0.3) is 0 Å². The van der Waals surface area contributed by atoms with E-state index in [4.69, 9.17) is 0 Å². The molecule has 2 nitrogen and oxygen atoms in total. The number of dihydropyridines is 1. The maximum Gasteiger partial charge on any atom is 0.0731 e. The zero-order valence-corrected chi connectivity index (χ0v) is 7.70. The van der Waals surface area contributed by atoms with Crippen molar-refractivity contribution in [2.24, 2.45) is 16.8 Å². The van der Waals surface area contributed by atoms with E-state index in [1.165, 1.54) is 0 Å². The molecule has 1 N–H and O–H groups in total. The molecule has 66 valence electrons. The van der Waals surface area contributed by atoms with Crippen LogP contribution >= 0.6 is 0 Å². The molecular weight excluding hydrogens is 148 g/mol. The van der Waals surface area contributed by atoms with Crippen LogP contribution in [-0.2, 0) is 0 Å². The van der Waals surface area contributed by atoms with Crippen molar-refractivity contribution in [3.05, 3.63) is 12.2 Å². The predicted molar refractivity (Wildman–Crippen MR) is 51.5 cm³/mol. The minimum absolute atomic E-state index is 0.495. The van der Waals surface area contributed by atoms with Crippen molar-refractivity contribution in [2.75, 3.05) is 6.54 Å². The van der Waals surface area contributed by atoms with Gasteiger partial charge in [0.05, 0.1) is 6.04 Å². The Morgan fingerprint density at radius 2 is 2.33 bits per heavy atom. The molecule has 0 saturated carbocycles. The van der Waals surface area contributed by atoms with Gasteiger partial charge in [-0.25, -0.2) is 0 Å². The summed E-state index contributed by atoms with van der Waals surface area (Å²) in [6.07, 6.45) is 6.19. The fourth-order valence-corrected chi connectivity index (χ4v) is 2.11. The highest BCUT2D eigenvalue weighted by Gasteiger charge is 2.36. The van der Waals surface area contributed by atoms with Crippen molar-refractivity contribution >= 4 is 6.21 Å². The number of nitrogens with zero attached hydrogens (tertiary/aromatic N) is 1. The summed E-state index contributed by atoms with van der Waals surface area (Å²) in [6, 6.07) is 0.998. The van der Waals surface area contributed by atoms with E-state index in [0.717, 1.165) is 18.4 Å². The largest absolute Gasteiger partial charge is 0.308 e.